The fourth-order valence-electron chi connectivity index (χ4n) is 5.21. The number of nitrogens with zero attached hydrogens (tertiary/aromatic N) is 4. The lowest BCUT2D eigenvalue weighted by Crippen LogP contribution is -2.54. The lowest BCUT2D eigenvalue weighted by Gasteiger charge is -2.44. The number of rotatable bonds is 2. The largest absolute Gasteiger partial charge is 0.355 e. The molecule has 5 rings (SSSR count). The summed E-state index contributed by atoms with van der Waals surface area (Å²) in [6, 6.07) is 18.9. The van der Waals surface area contributed by atoms with Crippen molar-refractivity contribution in [2.24, 2.45) is 0 Å². The van der Waals surface area contributed by atoms with E-state index in [0.29, 0.717) is 12.1 Å². The standard InChI is InChI=1S/C22H28N4/c1-23-15-25(19-11-5-3-9-17(19)23)21-13-7-8-14-22(21)26-16-24(2)18-10-4-6-12-20(18)26/h3-6,9-12,21-22H,7-8,13-16H2,1-2H3/t21-,22-/m1/s1. The number of anilines is 4. The van der Waals surface area contributed by atoms with E-state index in [9.17, 15) is 0 Å². The van der Waals surface area contributed by atoms with Crippen LogP contribution in [0.3, 0.4) is 0 Å². The van der Waals surface area contributed by atoms with Crippen LogP contribution in [0.5, 0.6) is 0 Å². The summed E-state index contributed by atoms with van der Waals surface area (Å²) < 4.78 is 0. The summed E-state index contributed by atoms with van der Waals surface area (Å²) >= 11 is 0. The number of fused-ring (bicyclic) bond motifs is 2. The van der Waals surface area contributed by atoms with Crippen LogP contribution in [0.1, 0.15) is 25.7 Å². The molecule has 1 saturated carbocycles. The summed E-state index contributed by atoms with van der Waals surface area (Å²) in [5.41, 5.74) is 5.56. The van der Waals surface area contributed by atoms with E-state index in [0.717, 1.165) is 13.3 Å². The maximum absolute atomic E-state index is 2.67. The molecule has 4 nitrogen and oxygen atoms in total. The number of benzene rings is 2. The van der Waals surface area contributed by atoms with Crippen LogP contribution in [0.25, 0.3) is 0 Å². The van der Waals surface area contributed by atoms with Crippen LogP contribution in [-0.4, -0.2) is 39.5 Å². The van der Waals surface area contributed by atoms with Gasteiger partial charge in [-0.05, 0) is 37.1 Å². The van der Waals surface area contributed by atoms with Crippen molar-refractivity contribution in [3.63, 3.8) is 0 Å². The van der Waals surface area contributed by atoms with Gasteiger partial charge in [0.25, 0.3) is 0 Å². The summed E-state index contributed by atoms with van der Waals surface area (Å²) in [5.74, 6) is 0. The molecule has 2 aliphatic heterocycles. The van der Waals surface area contributed by atoms with Crippen molar-refractivity contribution in [3.05, 3.63) is 48.5 Å². The minimum Gasteiger partial charge on any atom is -0.355 e. The lowest BCUT2D eigenvalue weighted by atomic mass is 9.87. The van der Waals surface area contributed by atoms with Crippen LogP contribution >= 0.6 is 0 Å². The molecule has 0 N–H and O–H groups in total. The molecule has 2 heterocycles. The fraction of sp³-hybridized carbons (Fsp3) is 0.455. The van der Waals surface area contributed by atoms with E-state index < -0.39 is 0 Å². The van der Waals surface area contributed by atoms with Gasteiger partial charge >= 0.3 is 0 Å². The molecule has 0 bridgehead atoms. The molecule has 0 saturated heterocycles. The van der Waals surface area contributed by atoms with Crippen molar-refractivity contribution in [1.82, 2.24) is 0 Å². The molecule has 3 aliphatic rings. The second kappa shape index (κ2) is 6.11. The van der Waals surface area contributed by atoms with Gasteiger partial charge in [0.15, 0.2) is 0 Å². The van der Waals surface area contributed by atoms with Crippen LogP contribution in [0.2, 0.25) is 0 Å². The molecule has 1 fully saturated rings. The van der Waals surface area contributed by atoms with Gasteiger partial charge in [-0.3, -0.25) is 0 Å². The summed E-state index contributed by atoms with van der Waals surface area (Å²) in [5, 5.41) is 0. The summed E-state index contributed by atoms with van der Waals surface area (Å²) in [6.07, 6.45) is 5.26. The second-order valence-corrected chi connectivity index (χ2v) is 8.01. The van der Waals surface area contributed by atoms with Crippen LogP contribution < -0.4 is 19.6 Å². The van der Waals surface area contributed by atoms with Crippen LogP contribution in [0, 0.1) is 0 Å². The molecule has 0 unspecified atom stereocenters. The van der Waals surface area contributed by atoms with Gasteiger partial charge in [-0.1, -0.05) is 37.1 Å². The smallest absolute Gasteiger partial charge is 0.0905 e. The van der Waals surface area contributed by atoms with Gasteiger partial charge in [0, 0.05) is 14.1 Å². The maximum Gasteiger partial charge on any atom is 0.0905 e. The van der Waals surface area contributed by atoms with E-state index >= 15 is 0 Å². The molecule has 1 aliphatic carbocycles. The first kappa shape index (κ1) is 15.9. The van der Waals surface area contributed by atoms with Crippen LogP contribution in [-0.2, 0) is 0 Å². The van der Waals surface area contributed by atoms with E-state index in [-0.39, 0.29) is 0 Å². The van der Waals surface area contributed by atoms with E-state index in [1.165, 1.54) is 48.4 Å². The monoisotopic (exact) mass is 348 g/mol. The molecular weight excluding hydrogens is 320 g/mol. The highest BCUT2D eigenvalue weighted by atomic mass is 15.4. The lowest BCUT2D eigenvalue weighted by molar-refractivity contribution is 0.352. The van der Waals surface area contributed by atoms with Gasteiger partial charge in [-0.2, -0.15) is 0 Å². The van der Waals surface area contributed by atoms with E-state index in [4.69, 9.17) is 0 Å². The Morgan fingerprint density at radius 3 is 1.42 bits per heavy atom. The number of hydrogen-bond donors (Lipinski definition) is 0. The molecule has 0 aromatic heterocycles. The van der Waals surface area contributed by atoms with Gasteiger partial charge in [0.05, 0.1) is 48.2 Å². The number of para-hydroxylation sites is 4. The zero-order chi connectivity index (χ0) is 17.7. The highest BCUT2D eigenvalue weighted by molar-refractivity contribution is 5.78. The molecule has 2 aromatic rings. The van der Waals surface area contributed by atoms with Crippen molar-refractivity contribution in [1.29, 1.82) is 0 Å². The highest BCUT2D eigenvalue weighted by Gasteiger charge is 2.40. The topological polar surface area (TPSA) is 13.0 Å². The zero-order valence-corrected chi connectivity index (χ0v) is 15.8. The Hall–Kier alpha value is -2.36. The highest BCUT2D eigenvalue weighted by Crippen LogP contribution is 2.43. The Kier molecular flexibility index (Phi) is 3.73. The summed E-state index contributed by atoms with van der Waals surface area (Å²) in [6.45, 7) is 2.01. The Bertz CT molecular complexity index is 737. The average molecular weight is 348 g/mol. The molecule has 0 spiro atoms. The van der Waals surface area contributed by atoms with E-state index in [1.807, 2.05) is 0 Å². The normalized spacial score (nSPS) is 24.8. The summed E-state index contributed by atoms with van der Waals surface area (Å²) in [7, 11) is 4.44. The third-order valence-electron chi connectivity index (χ3n) is 6.43. The molecule has 136 valence electrons. The van der Waals surface area contributed by atoms with Crippen molar-refractivity contribution < 1.29 is 0 Å². The van der Waals surface area contributed by atoms with Crippen LogP contribution in [0.4, 0.5) is 22.7 Å². The van der Waals surface area contributed by atoms with Gasteiger partial charge in [-0.15, -0.1) is 0 Å². The Morgan fingerprint density at radius 2 is 1.00 bits per heavy atom. The van der Waals surface area contributed by atoms with Gasteiger partial charge in [0.2, 0.25) is 0 Å². The molecular formula is C22H28N4. The fourth-order valence-corrected chi connectivity index (χ4v) is 5.21. The third kappa shape index (κ3) is 2.35. The predicted molar refractivity (Wildman–Crippen MR) is 110 cm³/mol. The Balaban J connectivity index is 1.50. The van der Waals surface area contributed by atoms with E-state index in [2.05, 4.69) is 82.2 Å². The predicted octanol–water partition coefficient (Wildman–Crippen LogP) is 4.13. The minimum atomic E-state index is 0.578. The zero-order valence-electron chi connectivity index (χ0n) is 15.8. The third-order valence-corrected chi connectivity index (χ3v) is 6.43. The minimum absolute atomic E-state index is 0.578. The van der Waals surface area contributed by atoms with Crippen molar-refractivity contribution in [2.75, 3.05) is 47.0 Å². The maximum atomic E-state index is 2.67. The quantitative estimate of drug-likeness (QED) is 0.809. The second-order valence-electron chi connectivity index (χ2n) is 8.01. The van der Waals surface area contributed by atoms with Gasteiger partial charge < -0.3 is 19.6 Å². The molecule has 26 heavy (non-hydrogen) atoms. The molecule has 4 heteroatoms. The van der Waals surface area contributed by atoms with Gasteiger partial charge in [-0.25, -0.2) is 0 Å². The molecule has 2 atom stereocenters. The number of hydrogen-bond acceptors (Lipinski definition) is 4. The van der Waals surface area contributed by atoms with Crippen molar-refractivity contribution in [2.45, 2.75) is 37.8 Å². The first-order chi connectivity index (χ1) is 12.7. The van der Waals surface area contributed by atoms with Gasteiger partial charge in [0.1, 0.15) is 0 Å². The Labute approximate surface area is 156 Å². The first-order valence-electron chi connectivity index (χ1n) is 9.87. The molecule has 0 radical (unpaired) electrons. The van der Waals surface area contributed by atoms with E-state index in [1.54, 1.807) is 0 Å². The Morgan fingerprint density at radius 1 is 0.615 bits per heavy atom. The van der Waals surface area contributed by atoms with Crippen molar-refractivity contribution in [3.8, 4) is 0 Å². The first-order valence-corrected chi connectivity index (χ1v) is 9.87. The average Bonchev–Trinajstić information content (AvgIpc) is 3.20. The molecule has 2 aromatic carbocycles. The summed E-state index contributed by atoms with van der Waals surface area (Å²) in [4.78, 5) is 10.1. The SMILES string of the molecule is CN1CN([C@@H]2CCCC[C@H]2N2CN(C)c3ccccc32)c2ccccc21. The van der Waals surface area contributed by atoms with Crippen molar-refractivity contribution >= 4 is 22.7 Å². The molecule has 0 amide bonds. The van der Waals surface area contributed by atoms with Crippen LogP contribution in [0.15, 0.2) is 48.5 Å².